The first kappa shape index (κ1) is 20.5. The Morgan fingerprint density at radius 1 is 1.23 bits per heavy atom. The third kappa shape index (κ3) is 4.52. The van der Waals surface area contributed by atoms with E-state index in [0.29, 0.717) is 25.7 Å². The molecule has 7 heteroatoms. The minimum absolute atomic E-state index is 0.0959. The average Bonchev–Trinajstić information content (AvgIpc) is 3.25. The van der Waals surface area contributed by atoms with Crippen LogP contribution in [0.5, 0.6) is 0 Å². The Balaban J connectivity index is 1.41. The average molecular weight is 409 g/mol. The third-order valence-electron chi connectivity index (χ3n) is 5.68. The highest BCUT2D eigenvalue weighted by molar-refractivity contribution is 5.98. The van der Waals surface area contributed by atoms with Crippen LogP contribution in [-0.2, 0) is 16.1 Å². The van der Waals surface area contributed by atoms with Crippen molar-refractivity contribution in [1.29, 1.82) is 0 Å². The molecule has 1 aromatic carbocycles. The number of piperidine rings is 1. The molecular weight excluding hydrogens is 380 g/mol. The van der Waals surface area contributed by atoms with Crippen LogP contribution in [0.4, 0.5) is 0 Å². The standard InChI is InChI=1S/C23H28N4O3/c1-16-25-14-20(15-30-12-11-29-2)22(26-16)17-6-9-27(10-7-17)23(28)19-3-4-21-18(13-19)5-8-24-21/h3-5,8,13-14,17,24H,6-7,9-12,15H2,1-2H3. The topological polar surface area (TPSA) is 80.3 Å². The van der Waals surface area contributed by atoms with Gasteiger partial charge in [-0.1, -0.05) is 0 Å². The molecule has 0 bridgehead atoms. The first-order chi connectivity index (χ1) is 14.7. The van der Waals surface area contributed by atoms with Crippen molar-refractivity contribution in [2.45, 2.75) is 32.3 Å². The van der Waals surface area contributed by atoms with Crippen LogP contribution in [-0.4, -0.2) is 59.2 Å². The Labute approximate surface area is 176 Å². The molecule has 4 rings (SSSR count). The van der Waals surface area contributed by atoms with Gasteiger partial charge in [0.15, 0.2) is 0 Å². The van der Waals surface area contributed by atoms with Crippen molar-refractivity contribution in [3.8, 4) is 0 Å². The Kier molecular flexibility index (Phi) is 6.40. The van der Waals surface area contributed by atoms with Gasteiger partial charge in [0.2, 0.25) is 0 Å². The fourth-order valence-corrected chi connectivity index (χ4v) is 4.03. The van der Waals surface area contributed by atoms with Crippen LogP contribution in [0.3, 0.4) is 0 Å². The van der Waals surface area contributed by atoms with Gasteiger partial charge >= 0.3 is 0 Å². The molecule has 158 valence electrons. The molecule has 7 nitrogen and oxygen atoms in total. The predicted octanol–water partition coefficient (Wildman–Crippen LogP) is 3.45. The molecule has 1 saturated heterocycles. The van der Waals surface area contributed by atoms with Crippen LogP contribution in [0, 0.1) is 6.92 Å². The van der Waals surface area contributed by atoms with E-state index in [9.17, 15) is 4.79 Å². The van der Waals surface area contributed by atoms with Gasteiger partial charge < -0.3 is 19.4 Å². The fourth-order valence-electron chi connectivity index (χ4n) is 4.03. The summed E-state index contributed by atoms with van der Waals surface area (Å²) in [4.78, 5) is 27.2. The zero-order valence-corrected chi connectivity index (χ0v) is 17.6. The molecule has 0 atom stereocenters. The zero-order chi connectivity index (χ0) is 20.9. The second-order valence-electron chi connectivity index (χ2n) is 7.72. The summed E-state index contributed by atoms with van der Waals surface area (Å²) in [7, 11) is 1.66. The van der Waals surface area contributed by atoms with E-state index in [1.807, 2.05) is 48.5 Å². The number of aromatic amines is 1. The zero-order valence-electron chi connectivity index (χ0n) is 17.6. The van der Waals surface area contributed by atoms with E-state index in [-0.39, 0.29) is 5.91 Å². The number of carbonyl (C=O) groups is 1. The molecule has 1 aliphatic heterocycles. The Hall–Kier alpha value is -2.77. The second-order valence-corrected chi connectivity index (χ2v) is 7.72. The molecule has 2 aromatic heterocycles. The summed E-state index contributed by atoms with van der Waals surface area (Å²) in [5, 5.41) is 1.06. The van der Waals surface area contributed by atoms with Gasteiger partial charge in [0.1, 0.15) is 5.82 Å². The number of hydrogen-bond acceptors (Lipinski definition) is 5. The van der Waals surface area contributed by atoms with Crippen molar-refractivity contribution in [2.24, 2.45) is 0 Å². The molecule has 1 aliphatic rings. The summed E-state index contributed by atoms with van der Waals surface area (Å²) in [6.07, 6.45) is 5.54. The molecule has 0 unspecified atom stereocenters. The monoisotopic (exact) mass is 408 g/mol. The fraction of sp³-hybridized carbons (Fsp3) is 0.435. The van der Waals surface area contributed by atoms with Crippen LogP contribution in [0.1, 0.15) is 46.2 Å². The number of H-pyrrole nitrogens is 1. The number of likely N-dealkylation sites (tertiary alicyclic amines) is 1. The van der Waals surface area contributed by atoms with Gasteiger partial charge in [0.25, 0.3) is 5.91 Å². The lowest BCUT2D eigenvalue weighted by Gasteiger charge is -2.32. The lowest BCUT2D eigenvalue weighted by atomic mass is 9.90. The van der Waals surface area contributed by atoms with Gasteiger partial charge in [-0.2, -0.15) is 0 Å². The normalized spacial score (nSPS) is 15.1. The Morgan fingerprint density at radius 2 is 2.07 bits per heavy atom. The van der Waals surface area contributed by atoms with E-state index in [1.165, 1.54) is 0 Å². The largest absolute Gasteiger partial charge is 0.382 e. The maximum atomic E-state index is 13.0. The van der Waals surface area contributed by atoms with Crippen LogP contribution in [0.25, 0.3) is 10.9 Å². The van der Waals surface area contributed by atoms with Crippen LogP contribution in [0.2, 0.25) is 0 Å². The number of carbonyl (C=O) groups excluding carboxylic acids is 1. The van der Waals surface area contributed by atoms with Crippen LogP contribution >= 0.6 is 0 Å². The molecule has 3 heterocycles. The number of benzene rings is 1. The number of nitrogens with one attached hydrogen (secondary N) is 1. The number of nitrogens with zero attached hydrogens (tertiary/aromatic N) is 3. The second kappa shape index (κ2) is 9.36. The lowest BCUT2D eigenvalue weighted by Crippen LogP contribution is -2.38. The van der Waals surface area contributed by atoms with Gasteiger partial charge in [0.05, 0.1) is 25.5 Å². The molecule has 1 fully saturated rings. The third-order valence-corrected chi connectivity index (χ3v) is 5.68. The molecule has 1 amide bonds. The first-order valence-corrected chi connectivity index (χ1v) is 10.4. The van der Waals surface area contributed by atoms with Crippen molar-refractivity contribution in [3.05, 3.63) is 59.3 Å². The maximum absolute atomic E-state index is 13.0. The number of aromatic nitrogens is 3. The molecule has 3 aromatic rings. The van der Waals surface area contributed by atoms with Crippen molar-refractivity contribution >= 4 is 16.8 Å². The summed E-state index contributed by atoms with van der Waals surface area (Å²) in [6, 6.07) is 7.82. The van der Waals surface area contributed by atoms with Crippen molar-refractivity contribution in [2.75, 3.05) is 33.4 Å². The highest BCUT2D eigenvalue weighted by Gasteiger charge is 2.27. The molecule has 0 aliphatic carbocycles. The summed E-state index contributed by atoms with van der Waals surface area (Å²) in [5.41, 5.74) is 3.87. The molecule has 0 saturated carbocycles. The smallest absolute Gasteiger partial charge is 0.253 e. The number of methoxy groups -OCH3 is 1. The lowest BCUT2D eigenvalue weighted by molar-refractivity contribution is 0.0604. The summed E-state index contributed by atoms with van der Waals surface area (Å²) in [5.74, 6) is 1.17. The van der Waals surface area contributed by atoms with Gasteiger partial charge in [0, 0.05) is 60.5 Å². The minimum Gasteiger partial charge on any atom is -0.382 e. The quantitative estimate of drug-likeness (QED) is 0.606. The molecule has 0 spiro atoms. The van der Waals surface area contributed by atoms with E-state index in [0.717, 1.165) is 59.5 Å². The maximum Gasteiger partial charge on any atom is 0.253 e. The van der Waals surface area contributed by atoms with E-state index < -0.39 is 0 Å². The SMILES string of the molecule is COCCOCc1cnc(C)nc1C1CCN(C(=O)c2ccc3[nH]ccc3c2)CC1. The number of amides is 1. The van der Waals surface area contributed by atoms with Crippen molar-refractivity contribution in [1.82, 2.24) is 19.9 Å². The number of aryl methyl sites for hydroxylation is 1. The molecule has 1 N–H and O–H groups in total. The minimum atomic E-state index is 0.0959. The number of fused-ring (bicyclic) bond motifs is 1. The van der Waals surface area contributed by atoms with E-state index in [2.05, 4.69) is 9.97 Å². The van der Waals surface area contributed by atoms with Gasteiger partial charge in [-0.15, -0.1) is 0 Å². The van der Waals surface area contributed by atoms with Crippen molar-refractivity contribution < 1.29 is 14.3 Å². The molecule has 30 heavy (non-hydrogen) atoms. The Morgan fingerprint density at radius 3 is 2.87 bits per heavy atom. The van der Waals surface area contributed by atoms with E-state index >= 15 is 0 Å². The van der Waals surface area contributed by atoms with Gasteiger partial charge in [-0.3, -0.25) is 4.79 Å². The summed E-state index contributed by atoms with van der Waals surface area (Å²) >= 11 is 0. The van der Waals surface area contributed by atoms with Gasteiger partial charge in [-0.05, 0) is 44.0 Å². The van der Waals surface area contributed by atoms with Crippen LogP contribution in [0.15, 0.2) is 36.7 Å². The first-order valence-electron chi connectivity index (χ1n) is 10.4. The number of rotatable bonds is 7. The van der Waals surface area contributed by atoms with E-state index in [4.69, 9.17) is 14.5 Å². The van der Waals surface area contributed by atoms with Gasteiger partial charge in [-0.25, -0.2) is 9.97 Å². The van der Waals surface area contributed by atoms with Crippen molar-refractivity contribution in [3.63, 3.8) is 0 Å². The highest BCUT2D eigenvalue weighted by atomic mass is 16.5. The van der Waals surface area contributed by atoms with Crippen LogP contribution < -0.4 is 0 Å². The number of hydrogen-bond donors (Lipinski definition) is 1. The summed E-state index contributed by atoms with van der Waals surface area (Å²) < 4.78 is 10.7. The van der Waals surface area contributed by atoms with E-state index in [1.54, 1.807) is 7.11 Å². The highest BCUT2D eigenvalue weighted by Crippen LogP contribution is 2.30. The predicted molar refractivity (Wildman–Crippen MR) is 114 cm³/mol. The molecule has 0 radical (unpaired) electrons. The summed E-state index contributed by atoms with van der Waals surface area (Å²) in [6.45, 7) is 4.95. The Bertz CT molecular complexity index is 1010. The molecular formula is C23H28N4O3. The number of ether oxygens (including phenoxy) is 2.